The molecule has 1 aliphatic rings. The predicted molar refractivity (Wildman–Crippen MR) is 114 cm³/mol. The maximum atomic E-state index is 13.3. The molecule has 4 rings (SSSR count). The van der Waals surface area contributed by atoms with Crippen LogP contribution in [0, 0.1) is 12.7 Å². The molecule has 0 unspecified atom stereocenters. The van der Waals surface area contributed by atoms with Crippen LogP contribution in [0.5, 0.6) is 0 Å². The molecule has 1 N–H and O–H groups in total. The average molecular weight is 390 g/mol. The summed E-state index contributed by atoms with van der Waals surface area (Å²) in [5.74, 6) is -0.744. The van der Waals surface area contributed by atoms with Gasteiger partial charge in [0.05, 0.1) is 0 Å². The normalized spacial score (nSPS) is 14.0. The number of hydrogen-bond donors (Lipinski definition) is 1. The van der Waals surface area contributed by atoms with Gasteiger partial charge in [-0.1, -0.05) is 18.2 Å². The van der Waals surface area contributed by atoms with Crippen molar-refractivity contribution in [3.8, 4) is 0 Å². The van der Waals surface area contributed by atoms with Crippen molar-refractivity contribution in [1.82, 2.24) is 4.98 Å². The molecule has 6 heteroatoms. The van der Waals surface area contributed by atoms with Crippen LogP contribution in [0.25, 0.3) is 0 Å². The Labute approximate surface area is 169 Å². The van der Waals surface area contributed by atoms with Crippen molar-refractivity contribution in [2.45, 2.75) is 6.92 Å². The van der Waals surface area contributed by atoms with E-state index in [9.17, 15) is 9.18 Å². The number of carbonyl (C=O) groups is 1. The Balaban J connectivity index is 1.42. The molecule has 1 fully saturated rings. The molecule has 3 aromatic rings. The summed E-state index contributed by atoms with van der Waals surface area (Å²) in [5, 5.41) is 2.69. The van der Waals surface area contributed by atoms with E-state index < -0.39 is 5.82 Å². The number of nitrogens with zero attached hydrogens (tertiary/aromatic N) is 3. The van der Waals surface area contributed by atoms with Crippen LogP contribution in [0.1, 0.15) is 16.1 Å². The van der Waals surface area contributed by atoms with E-state index in [1.54, 1.807) is 24.4 Å². The van der Waals surface area contributed by atoms with Gasteiger partial charge in [-0.05, 0) is 55.0 Å². The van der Waals surface area contributed by atoms with Gasteiger partial charge >= 0.3 is 0 Å². The molecule has 0 spiro atoms. The Morgan fingerprint density at radius 3 is 2.31 bits per heavy atom. The second-order valence-electron chi connectivity index (χ2n) is 7.18. The first-order valence-electron chi connectivity index (χ1n) is 9.68. The van der Waals surface area contributed by atoms with Crippen molar-refractivity contribution in [2.75, 3.05) is 41.3 Å². The quantitative estimate of drug-likeness (QED) is 0.728. The maximum absolute atomic E-state index is 13.3. The molecule has 0 radical (unpaired) electrons. The lowest BCUT2D eigenvalue weighted by molar-refractivity contribution is 0.102. The zero-order chi connectivity index (χ0) is 20.2. The van der Waals surface area contributed by atoms with Gasteiger partial charge in [-0.25, -0.2) is 4.39 Å². The molecule has 0 bridgehead atoms. The van der Waals surface area contributed by atoms with Gasteiger partial charge in [0, 0.05) is 49.4 Å². The zero-order valence-electron chi connectivity index (χ0n) is 16.3. The molecule has 1 aliphatic heterocycles. The zero-order valence-corrected chi connectivity index (χ0v) is 16.3. The fraction of sp³-hybridized carbons (Fsp3) is 0.217. The second kappa shape index (κ2) is 8.31. The van der Waals surface area contributed by atoms with Crippen LogP contribution < -0.4 is 15.1 Å². The number of pyridine rings is 1. The first-order chi connectivity index (χ1) is 14.1. The van der Waals surface area contributed by atoms with Gasteiger partial charge in [0.15, 0.2) is 0 Å². The number of piperazine rings is 1. The number of benzene rings is 2. The molecular weight excluding hydrogens is 367 g/mol. The molecule has 2 heterocycles. The Bertz CT molecular complexity index is 1020. The molecule has 0 saturated carbocycles. The number of carbonyl (C=O) groups excluding carboxylic acids is 1. The molecule has 29 heavy (non-hydrogen) atoms. The average Bonchev–Trinajstić information content (AvgIpc) is 2.74. The summed E-state index contributed by atoms with van der Waals surface area (Å²) >= 11 is 0. The number of rotatable bonds is 4. The van der Waals surface area contributed by atoms with Crippen molar-refractivity contribution >= 4 is 23.0 Å². The summed E-state index contributed by atoms with van der Waals surface area (Å²) in [6.45, 7) is 5.66. The van der Waals surface area contributed by atoms with Crippen LogP contribution >= 0.6 is 0 Å². The number of aromatic nitrogens is 1. The van der Waals surface area contributed by atoms with Gasteiger partial charge < -0.3 is 15.1 Å². The predicted octanol–water partition coefficient (Wildman–Crippen LogP) is 4.11. The first kappa shape index (κ1) is 18.9. The minimum absolute atomic E-state index is 0.313. The van der Waals surface area contributed by atoms with Gasteiger partial charge in [0.1, 0.15) is 11.5 Å². The topological polar surface area (TPSA) is 48.5 Å². The minimum Gasteiger partial charge on any atom is -0.368 e. The molecule has 1 saturated heterocycles. The summed E-state index contributed by atoms with van der Waals surface area (Å²) in [6, 6.07) is 18.1. The van der Waals surface area contributed by atoms with Gasteiger partial charge in [0.25, 0.3) is 5.91 Å². The van der Waals surface area contributed by atoms with Crippen LogP contribution in [-0.2, 0) is 0 Å². The number of aryl methyl sites for hydroxylation is 1. The van der Waals surface area contributed by atoms with Crippen molar-refractivity contribution in [1.29, 1.82) is 0 Å². The number of anilines is 3. The lowest BCUT2D eigenvalue weighted by atomic mass is 10.2. The summed E-state index contributed by atoms with van der Waals surface area (Å²) < 4.78 is 13.3. The Kier molecular flexibility index (Phi) is 5.42. The minimum atomic E-state index is -0.393. The SMILES string of the molecule is Cc1cccc(N2CCN(c3ccnc(C(=O)Nc4cccc(F)c4)c3)CC2)c1. The number of amides is 1. The molecule has 1 amide bonds. The number of hydrogen-bond acceptors (Lipinski definition) is 4. The van der Waals surface area contributed by atoms with Gasteiger partial charge in [-0.3, -0.25) is 9.78 Å². The van der Waals surface area contributed by atoms with E-state index in [4.69, 9.17) is 0 Å². The third kappa shape index (κ3) is 4.54. The van der Waals surface area contributed by atoms with E-state index in [-0.39, 0.29) is 5.91 Å². The van der Waals surface area contributed by atoms with Crippen molar-refractivity contribution in [3.05, 3.63) is 83.9 Å². The highest BCUT2D eigenvalue weighted by Gasteiger charge is 2.19. The smallest absolute Gasteiger partial charge is 0.274 e. The third-order valence-corrected chi connectivity index (χ3v) is 5.07. The van der Waals surface area contributed by atoms with Crippen LogP contribution in [0.3, 0.4) is 0 Å². The van der Waals surface area contributed by atoms with Crippen molar-refractivity contribution in [3.63, 3.8) is 0 Å². The molecular formula is C23H23FN4O. The highest BCUT2D eigenvalue weighted by Crippen LogP contribution is 2.22. The standard InChI is InChI=1S/C23H23FN4O/c1-17-4-2-7-20(14-17)27-10-12-28(13-11-27)21-8-9-25-22(16-21)23(29)26-19-6-3-5-18(24)15-19/h2-9,14-16H,10-13H2,1H3,(H,26,29). The lowest BCUT2D eigenvalue weighted by Crippen LogP contribution is -2.46. The van der Waals surface area contributed by atoms with Gasteiger partial charge in [-0.2, -0.15) is 0 Å². The fourth-order valence-corrected chi connectivity index (χ4v) is 3.55. The molecule has 148 valence electrons. The van der Waals surface area contributed by atoms with Crippen molar-refractivity contribution in [2.24, 2.45) is 0 Å². The largest absolute Gasteiger partial charge is 0.368 e. The van der Waals surface area contributed by atoms with Crippen molar-refractivity contribution < 1.29 is 9.18 Å². The monoisotopic (exact) mass is 390 g/mol. The summed E-state index contributed by atoms with van der Waals surface area (Å²) in [7, 11) is 0. The second-order valence-corrected chi connectivity index (χ2v) is 7.18. The molecule has 5 nitrogen and oxygen atoms in total. The van der Waals surface area contributed by atoms with Crippen LogP contribution in [0.4, 0.5) is 21.5 Å². The fourth-order valence-electron chi connectivity index (χ4n) is 3.55. The summed E-state index contributed by atoms with van der Waals surface area (Å²) in [4.78, 5) is 21.3. The number of nitrogens with one attached hydrogen (secondary N) is 1. The lowest BCUT2D eigenvalue weighted by Gasteiger charge is -2.37. The highest BCUT2D eigenvalue weighted by molar-refractivity contribution is 6.03. The molecule has 2 aromatic carbocycles. The first-order valence-corrected chi connectivity index (χ1v) is 9.68. The van der Waals surface area contributed by atoms with Crippen LogP contribution in [0.15, 0.2) is 66.9 Å². The van der Waals surface area contributed by atoms with E-state index >= 15 is 0 Å². The van der Waals surface area contributed by atoms with E-state index in [2.05, 4.69) is 51.3 Å². The Morgan fingerprint density at radius 1 is 0.931 bits per heavy atom. The molecule has 1 aromatic heterocycles. The number of halogens is 1. The Morgan fingerprint density at radius 2 is 1.62 bits per heavy atom. The molecule has 0 atom stereocenters. The van der Waals surface area contributed by atoms with E-state index in [1.165, 1.54) is 23.4 Å². The van der Waals surface area contributed by atoms with Crippen LogP contribution in [-0.4, -0.2) is 37.1 Å². The van der Waals surface area contributed by atoms with Crippen LogP contribution in [0.2, 0.25) is 0 Å². The Hall–Kier alpha value is -3.41. The van der Waals surface area contributed by atoms with E-state index in [0.29, 0.717) is 11.4 Å². The highest BCUT2D eigenvalue weighted by atomic mass is 19.1. The van der Waals surface area contributed by atoms with Gasteiger partial charge in [-0.15, -0.1) is 0 Å². The maximum Gasteiger partial charge on any atom is 0.274 e. The van der Waals surface area contributed by atoms with Gasteiger partial charge in [0.2, 0.25) is 0 Å². The third-order valence-electron chi connectivity index (χ3n) is 5.07. The van der Waals surface area contributed by atoms with E-state index in [1.807, 2.05) is 6.07 Å². The summed E-state index contributed by atoms with van der Waals surface area (Å²) in [6.07, 6.45) is 1.64. The summed E-state index contributed by atoms with van der Waals surface area (Å²) in [5.41, 5.74) is 4.19. The molecule has 0 aliphatic carbocycles. The van der Waals surface area contributed by atoms with E-state index in [0.717, 1.165) is 31.9 Å².